The first-order valence-electron chi connectivity index (χ1n) is 8.93. The van der Waals surface area contributed by atoms with Crippen LogP contribution < -0.4 is 0 Å². The van der Waals surface area contributed by atoms with Crippen molar-refractivity contribution >= 4 is 0 Å². The summed E-state index contributed by atoms with van der Waals surface area (Å²) in [6, 6.07) is 17.1. The van der Waals surface area contributed by atoms with Crippen molar-refractivity contribution in [2.24, 2.45) is 0 Å². The van der Waals surface area contributed by atoms with Gasteiger partial charge in [-0.1, -0.05) is 55.5 Å². The van der Waals surface area contributed by atoms with E-state index in [-0.39, 0.29) is 5.56 Å². The second kappa shape index (κ2) is 8.60. The van der Waals surface area contributed by atoms with Gasteiger partial charge in [-0.15, -0.1) is 0 Å². The van der Waals surface area contributed by atoms with Gasteiger partial charge in [0.1, 0.15) is 0 Å². The summed E-state index contributed by atoms with van der Waals surface area (Å²) < 4.78 is 39.9. The van der Waals surface area contributed by atoms with Crippen LogP contribution in [0.3, 0.4) is 0 Å². The third-order valence-corrected chi connectivity index (χ3v) is 4.36. The predicted molar refractivity (Wildman–Crippen MR) is 103 cm³/mol. The molecule has 0 aromatic heterocycles. The van der Waals surface area contributed by atoms with Crippen LogP contribution in [0.2, 0.25) is 0 Å². The van der Waals surface area contributed by atoms with E-state index in [9.17, 15) is 13.2 Å². The molecule has 0 saturated heterocycles. The molecule has 3 aromatic carbocycles. The summed E-state index contributed by atoms with van der Waals surface area (Å²) >= 11 is 0. The summed E-state index contributed by atoms with van der Waals surface area (Å²) in [5, 5.41) is 0. The fraction of sp³-hybridized carbons (Fsp3) is 0.167. The number of hydrogen-bond donors (Lipinski definition) is 0. The molecule has 0 fully saturated rings. The first kappa shape index (κ1) is 18.8. The minimum absolute atomic E-state index is 0.288. The SMILES string of the molecule is CCCCc1ccccc1C#Cc1ccc(-c2cc(F)c(F)c(F)c2)cc1. The van der Waals surface area contributed by atoms with Crippen molar-refractivity contribution in [1.29, 1.82) is 0 Å². The molecule has 0 aliphatic rings. The molecule has 27 heavy (non-hydrogen) atoms. The molecule has 0 saturated carbocycles. The van der Waals surface area contributed by atoms with E-state index in [2.05, 4.69) is 24.8 Å². The molecule has 0 bridgehead atoms. The Balaban J connectivity index is 1.83. The van der Waals surface area contributed by atoms with Crippen molar-refractivity contribution in [3.8, 4) is 23.0 Å². The summed E-state index contributed by atoms with van der Waals surface area (Å²) in [5.74, 6) is 2.48. The fourth-order valence-corrected chi connectivity index (χ4v) is 2.84. The highest BCUT2D eigenvalue weighted by Crippen LogP contribution is 2.24. The summed E-state index contributed by atoms with van der Waals surface area (Å²) in [4.78, 5) is 0. The van der Waals surface area contributed by atoms with Crippen molar-refractivity contribution < 1.29 is 13.2 Å². The third kappa shape index (κ3) is 4.60. The first-order chi connectivity index (χ1) is 13.1. The highest BCUT2D eigenvalue weighted by atomic mass is 19.2. The van der Waals surface area contributed by atoms with Crippen molar-refractivity contribution in [2.45, 2.75) is 26.2 Å². The van der Waals surface area contributed by atoms with Crippen LogP contribution in [0.4, 0.5) is 13.2 Å². The number of halogens is 3. The molecule has 136 valence electrons. The fourth-order valence-electron chi connectivity index (χ4n) is 2.84. The van der Waals surface area contributed by atoms with Crippen LogP contribution in [0.5, 0.6) is 0 Å². The minimum Gasteiger partial charge on any atom is -0.204 e. The van der Waals surface area contributed by atoms with Gasteiger partial charge >= 0.3 is 0 Å². The van der Waals surface area contributed by atoms with Crippen molar-refractivity contribution in [3.05, 3.63) is 94.8 Å². The number of unbranched alkanes of at least 4 members (excludes halogenated alkanes) is 1. The van der Waals surface area contributed by atoms with Crippen LogP contribution in [0.15, 0.2) is 60.7 Å². The molecule has 0 unspecified atom stereocenters. The van der Waals surface area contributed by atoms with E-state index in [1.54, 1.807) is 24.3 Å². The zero-order valence-electron chi connectivity index (χ0n) is 15.0. The number of hydrogen-bond acceptors (Lipinski definition) is 0. The monoisotopic (exact) mass is 364 g/mol. The average Bonchev–Trinajstić information content (AvgIpc) is 2.69. The quantitative estimate of drug-likeness (QED) is 0.365. The standard InChI is InChI=1S/C24H19F3/c1-2-3-6-18-7-4-5-8-19(18)12-9-17-10-13-20(14-11-17)21-15-22(25)24(27)23(26)16-21/h4-5,7-8,10-11,13-16H,2-3,6H2,1H3. The van der Waals surface area contributed by atoms with Gasteiger partial charge < -0.3 is 0 Å². The molecular formula is C24H19F3. The molecule has 0 aliphatic heterocycles. The maximum atomic E-state index is 13.4. The van der Waals surface area contributed by atoms with Crippen LogP contribution in [-0.4, -0.2) is 0 Å². The molecule has 3 heteroatoms. The maximum Gasteiger partial charge on any atom is 0.194 e. The molecule has 0 nitrogen and oxygen atoms in total. The molecule has 3 aromatic rings. The van der Waals surface area contributed by atoms with Gasteiger partial charge in [-0.25, -0.2) is 13.2 Å². The minimum atomic E-state index is -1.46. The lowest BCUT2D eigenvalue weighted by atomic mass is 10.0. The van der Waals surface area contributed by atoms with Gasteiger partial charge in [-0.05, 0) is 59.9 Å². The van der Waals surface area contributed by atoms with Gasteiger partial charge in [-0.2, -0.15) is 0 Å². The lowest BCUT2D eigenvalue weighted by Gasteiger charge is -2.04. The Labute approximate surface area is 157 Å². The van der Waals surface area contributed by atoms with Gasteiger partial charge in [0.15, 0.2) is 17.5 Å². The summed E-state index contributed by atoms with van der Waals surface area (Å²) in [7, 11) is 0. The molecule has 0 N–H and O–H groups in total. The van der Waals surface area contributed by atoms with Crippen LogP contribution in [0, 0.1) is 29.3 Å². The number of aryl methyl sites for hydroxylation is 1. The lowest BCUT2D eigenvalue weighted by molar-refractivity contribution is 0.448. The molecule has 3 rings (SSSR count). The molecule has 0 heterocycles. The molecule has 0 radical (unpaired) electrons. The van der Waals surface area contributed by atoms with Gasteiger partial charge in [0.25, 0.3) is 0 Å². The second-order valence-electron chi connectivity index (χ2n) is 6.34. The van der Waals surface area contributed by atoms with Gasteiger partial charge in [0.2, 0.25) is 0 Å². The first-order valence-corrected chi connectivity index (χ1v) is 8.93. The zero-order chi connectivity index (χ0) is 19.2. The topological polar surface area (TPSA) is 0 Å². The highest BCUT2D eigenvalue weighted by Gasteiger charge is 2.11. The normalized spacial score (nSPS) is 10.4. The van der Waals surface area contributed by atoms with Crippen LogP contribution in [0.25, 0.3) is 11.1 Å². The van der Waals surface area contributed by atoms with Crippen LogP contribution in [-0.2, 0) is 6.42 Å². The molecular weight excluding hydrogens is 345 g/mol. The average molecular weight is 364 g/mol. The van der Waals surface area contributed by atoms with Gasteiger partial charge in [0, 0.05) is 11.1 Å². The molecule has 0 spiro atoms. The van der Waals surface area contributed by atoms with E-state index in [1.165, 1.54) is 5.56 Å². The summed E-state index contributed by atoms with van der Waals surface area (Å²) in [6.45, 7) is 2.16. The van der Waals surface area contributed by atoms with E-state index >= 15 is 0 Å². The Morgan fingerprint density at radius 3 is 2.11 bits per heavy atom. The molecule has 0 amide bonds. The Morgan fingerprint density at radius 2 is 1.44 bits per heavy atom. The van der Waals surface area contributed by atoms with Crippen LogP contribution >= 0.6 is 0 Å². The maximum absolute atomic E-state index is 13.4. The van der Waals surface area contributed by atoms with Crippen molar-refractivity contribution in [1.82, 2.24) is 0 Å². The highest BCUT2D eigenvalue weighted by molar-refractivity contribution is 5.64. The van der Waals surface area contributed by atoms with Crippen LogP contribution in [0.1, 0.15) is 36.5 Å². The van der Waals surface area contributed by atoms with E-state index in [4.69, 9.17) is 0 Å². The van der Waals surface area contributed by atoms with Crippen molar-refractivity contribution in [2.75, 3.05) is 0 Å². The Morgan fingerprint density at radius 1 is 0.778 bits per heavy atom. The number of benzene rings is 3. The summed E-state index contributed by atoms with van der Waals surface area (Å²) in [5.41, 5.74) is 3.93. The van der Waals surface area contributed by atoms with Gasteiger partial charge in [-0.3, -0.25) is 0 Å². The molecule has 0 atom stereocenters. The largest absolute Gasteiger partial charge is 0.204 e. The van der Waals surface area contributed by atoms with E-state index in [0.717, 1.165) is 42.5 Å². The number of rotatable bonds is 4. The third-order valence-electron chi connectivity index (χ3n) is 4.36. The summed E-state index contributed by atoms with van der Waals surface area (Å²) in [6.07, 6.45) is 3.26. The Kier molecular flexibility index (Phi) is 5.98. The Hall–Kier alpha value is -2.99. The van der Waals surface area contributed by atoms with E-state index in [0.29, 0.717) is 5.56 Å². The van der Waals surface area contributed by atoms with Gasteiger partial charge in [0.05, 0.1) is 0 Å². The predicted octanol–water partition coefficient (Wildman–Crippen LogP) is 6.51. The Bertz CT molecular complexity index is 969. The molecule has 0 aliphatic carbocycles. The smallest absolute Gasteiger partial charge is 0.194 e. The van der Waals surface area contributed by atoms with Crippen molar-refractivity contribution in [3.63, 3.8) is 0 Å². The van der Waals surface area contributed by atoms with E-state index < -0.39 is 17.5 Å². The lowest BCUT2D eigenvalue weighted by Crippen LogP contribution is -1.92. The zero-order valence-corrected chi connectivity index (χ0v) is 15.0. The second-order valence-corrected chi connectivity index (χ2v) is 6.34. The van der Waals surface area contributed by atoms with E-state index in [1.807, 2.05) is 18.2 Å².